The molecule has 0 unspecified atom stereocenters. The molecule has 45 heavy (non-hydrogen) atoms. The Labute approximate surface area is 271 Å². The molecule has 2 heterocycles. The van der Waals surface area contributed by atoms with Crippen LogP contribution in [-0.2, 0) is 14.2 Å². The number of fused-ring (bicyclic) bond motifs is 3. The first kappa shape index (κ1) is 31.3. The van der Waals surface area contributed by atoms with Gasteiger partial charge in [-0.1, -0.05) is 52.7 Å². The first-order valence-corrected chi connectivity index (χ1v) is 16.2. The minimum absolute atomic E-state index is 0.186. The first-order valence-electron chi connectivity index (χ1n) is 15.4. The fourth-order valence-corrected chi connectivity index (χ4v) is 7.45. The number of phenolic OH excluding ortho intramolecular Hbond substituents is 1. The van der Waals surface area contributed by atoms with Gasteiger partial charge in [0.05, 0.1) is 30.2 Å². The summed E-state index contributed by atoms with van der Waals surface area (Å²) in [4.78, 5) is 29.1. The maximum Gasteiger partial charge on any atom is 0.455 e. The van der Waals surface area contributed by atoms with Gasteiger partial charge in [-0.25, -0.2) is 0 Å². The summed E-state index contributed by atoms with van der Waals surface area (Å²) >= 11 is 3.46. The zero-order chi connectivity index (χ0) is 31.7. The van der Waals surface area contributed by atoms with Crippen molar-refractivity contribution in [2.24, 2.45) is 17.8 Å². The molecule has 3 aliphatic rings. The summed E-state index contributed by atoms with van der Waals surface area (Å²) < 4.78 is 6.91. The molecule has 0 saturated carbocycles. The molecule has 0 aromatic heterocycles. The second kappa shape index (κ2) is 13.3. The number of hydrogen-bond donors (Lipinski definition) is 4. The van der Waals surface area contributed by atoms with E-state index in [9.17, 15) is 24.8 Å². The molecule has 2 saturated heterocycles. The van der Waals surface area contributed by atoms with E-state index in [-0.39, 0.29) is 36.9 Å². The van der Waals surface area contributed by atoms with Crippen LogP contribution in [-0.4, -0.2) is 46.9 Å². The van der Waals surface area contributed by atoms with E-state index in [2.05, 4.69) is 21.2 Å². The number of aromatic hydroxyl groups is 1. The Morgan fingerprint density at radius 2 is 1.78 bits per heavy atom. The second-order valence-electron chi connectivity index (χ2n) is 11.9. The number of nitrogens with one attached hydrogen (secondary N) is 1. The monoisotopic (exact) mass is 670 g/mol. The Morgan fingerprint density at radius 1 is 1.04 bits per heavy atom. The van der Waals surface area contributed by atoms with Crippen molar-refractivity contribution in [1.82, 2.24) is 0 Å². The zero-order valence-corrected chi connectivity index (χ0v) is 26.6. The third kappa shape index (κ3) is 6.38. The molecular weight excluding hydrogens is 635 g/mol. The number of imide groups is 1. The van der Waals surface area contributed by atoms with Gasteiger partial charge in [0, 0.05) is 21.4 Å². The Bertz CT molecular complexity index is 1640. The minimum atomic E-state index is -1.09. The number of aliphatic hydroxyl groups excluding tert-OH is 1. The number of allylic oxidation sites excluding steroid dienone is 1. The molecule has 3 aromatic rings. The van der Waals surface area contributed by atoms with Crippen molar-refractivity contribution in [2.75, 3.05) is 16.8 Å². The van der Waals surface area contributed by atoms with Gasteiger partial charge in [0.15, 0.2) is 0 Å². The summed E-state index contributed by atoms with van der Waals surface area (Å²) in [5.74, 6) is -2.02. The van der Waals surface area contributed by atoms with Crippen LogP contribution in [0.2, 0.25) is 6.32 Å². The van der Waals surface area contributed by atoms with Crippen molar-refractivity contribution >= 4 is 58.0 Å². The van der Waals surface area contributed by atoms with E-state index < -0.39 is 31.0 Å². The van der Waals surface area contributed by atoms with Crippen LogP contribution >= 0.6 is 15.9 Å². The van der Waals surface area contributed by atoms with E-state index in [1.807, 2.05) is 61.5 Å². The van der Waals surface area contributed by atoms with Crippen molar-refractivity contribution in [2.45, 2.75) is 45.0 Å². The molecule has 0 bridgehead atoms. The van der Waals surface area contributed by atoms with Crippen LogP contribution in [0.3, 0.4) is 0 Å². The molecular formula is C35H36BBrN2O6. The molecule has 0 radical (unpaired) electrons. The Morgan fingerprint density at radius 3 is 2.49 bits per heavy atom. The largest absolute Gasteiger partial charge is 0.507 e. The van der Waals surface area contributed by atoms with Crippen LogP contribution in [0, 0.1) is 17.8 Å². The summed E-state index contributed by atoms with van der Waals surface area (Å²) in [5.41, 5.74) is 5.62. The van der Waals surface area contributed by atoms with Gasteiger partial charge >= 0.3 is 7.12 Å². The van der Waals surface area contributed by atoms with Crippen molar-refractivity contribution in [1.29, 1.82) is 0 Å². The molecule has 2 fully saturated rings. The summed E-state index contributed by atoms with van der Waals surface area (Å²) in [6.45, 7) is 1.81. The number of carbonyl (C=O) groups excluding carboxylic acids is 2. The van der Waals surface area contributed by atoms with Gasteiger partial charge in [-0.2, -0.15) is 0 Å². The number of nitrogens with zero attached hydrogens (tertiary/aromatic N) is 1. The van der Waals surface area contributed by atoms with Gasteiger partial charge in [-0.3, -0.25) is 14.5 Å². The topological polar surface area (TPSA) is 119 Å². The molecule has 10 heteroatoms. The number of benzene rings is 3. The van der Waals surface area contributed by atoms with E-state index in [0.29, 0.717) is 24.1 Å². The van der Waals surface area contributed by atoms with Crippen LogP contribution < -0.4 is 10.2 Å². The van der Waals surface area contributed by atoms with Crippen molar-refractivity contribution in [3.05, 3.63) is 99.6 Å². The molecule has 1 aliphatic carbocycles. The average molecular weight is 671 g/mol. The van der Waals surface area contributed by atoms with Crippen LogP contribution in [0.15, 0.2) is 94.0 Å². The maximum atomic E-state index is 14.0. The highest BCUT2D eigenvalue weighted by Crippen LogP contribution is 2.51. The van der Waals surface area contributed by atoms with Crippen LogP contribution in [0.5, 0.6) is 5.75 Å². The smallest absolute Gasteiger partial charge is 0.455 e. The van der Waals surface area contributed by atoms with Crippen LogP contribution in [0.4, 0.5) is 17.1 Å². The van der Waals surface area contributed by atoms with E-state index in [1.54, 1.807) is 24.3 Å². The van der Waals surface area contributed by atoms with E-state index in [4.69, 9.17) is 4.65 Å². The lowest BCUT2D eigenvalue weighted by Gasteiger charge is -2.43. The average Bonchev–Trinajstić information content (AvgIpc) is 3.30. The Hall–Kier alpha value is -3.70. The molecule has 6 rings (SSSR count). The normalized spacial score (nSPS) is 23.3. The SMILES string of the molecule is CC/C(=C\c1cc(Br)ccc1O)CC[C@H]1OB(O)C[C@H]2C1=C(CO)C[C@H]1C(=O)N(c3ccc(Nc4ccccc4)cc3)C(=O)[C@H]12. The van der Waals surface area contributed by atoms with E-state index in [0.717, 1.165) is 39.0 Å². The number of phenols is 1. The van der Waals surface area contributed by atoms with Crippen molar-refractivity contribution < 1.29 is 29.5 Å². The highest BCUT2D eigenvalue weighted by Gasteiger charge is 2.57. The molecule has 8 nitrogen and oxygen atoms in total. The van der Waals surface area contributed by atoms with Gasteiger partial charge in [-0.15, -0.1) is 0 Å². The predicted octanol–water partition coefficient (Wildman–Crippen LogP) is 6.47. The first-order chi connectivity index (χ1) is 21.8. The quantitative estimate of drug-likeness (QED) is 0.117. The summed E-state index contributed by atoms with van der Waals surface area (Å²) in [5, 5.41) is 34.9. The summed E-state index contributed by atoms with van der Waals surface area (Å²) in [7, 11) is -1.09. The number of carbonyl (C=O) groups is 2. The highest BCUT2D eigenvalue weighted by molar-refractivity contribution is 9.10. The van der Waals surface area contributed by atoms with Gasteiger partial charge in [0.1, 0.15) is 5.75 Å². The highest BCUT2D eigenvalue weighted by atomic mass is 79.9. The Kier molecular flexibility index (Phi) is 9.28. The lowest BCUT2D eigenvalue weighted by Crippen LogP contribution is -2.46. The van der Waals surface area contributed by atoms with Crippen molar-refractivity contribution in [3.8, 4) is 5.75 Å². The van der Waals surface area contributed by atoms with Crippen molar-refractivity contribution in [3.63, 3.8) is 0 Å². The van der Waals surface area contributed by atoms with Crippen LogP contribution in [0.25, 0.3) is 6.08 Å². The molecule has 232 valence electrons. The van der Waals surface area contributed by atoms with Crippen LogP contribution in [0.1, 0.15) is 38.2 Å². The molecule has 2 aliphatic heterocycles. The van der Waals surface area contributed by atoms with E-state index in [1.165, 1.54) is 4.90 Å². The molecule has 0 spiro atoms. The maximum absolute atomic E-state index is 14.0. The van der Waals surface area contributed by atoms with E-state index >= 15 is 0 Å². The lowest BCUT2D eigenvalue weighted by atomic mass is 9.58. The number of halogens is 1. The lowest BCUT2D eigenvalue weighted by molar-refractivity contribution is -0.122. The third-order valence-corrected chi connectivity index (χ3v) is 9.71. The minimum Gasteiger partial charge on any atom is -0.507 e. The number of amides is 2. The molecule has 3 aromatic carbocycles. The summed E-state index contributed by atoms with van der Waals surface area (Å²) in [6.07, 6.45) is 3.83. The number of rotatable bonds is 9. The van der Waals surface area contributed by atoms with Gasteiger partial charge in [0.2, 0.25) is 11.8 Å². The number of anilines is 3. The number of aliphatic hydroxyl groups is 1. The third-order valence-electron chi connectivity index (χ3n) is 9.22. The van der Waals surface area contributed by atoms with Gasteiger partial charge in [0.25, 0.3) is 0 Å². The van der Waals surface area contributed by atoms with Gasteiger partial charge in [-0.05, 0) is 104 Å². The molecule has 2 amide bonds. The molecule has 4 atom stereocenters. The number of para-hydroxylation sites is 1. The number of hydrogen-bond acceptors (Lipinski definition) is 7. The standard InChI is InChI=1S/C35H36BBrN2O6/c1-2-21(16-22-17-24(37)9-14-30(22)41)8-15-31-32-23(20-40)18-28-33(29(32)19-36(44)45-31)35(43)39(34(28)42)27-12-10-26(11-13-27)38-25-6-4-3-5-7-25/h3-7,9-14,16-17,28-29,31,33,38,40-41,44H,2,8,15,18-20H2,1H3/b21-16+/t28-,29+,31-,33-/m1/s1. The fraction of sp³-hybridized carbons (Fsp3) is 0.314. The second-order valence-corrected chi connectivity index (χ2v) is 12.8. The summed E-state index contributed by atoms with van der Waals surface area (Å²) in [6, 6.07) is 22.2. The Balaban J connectivity index is 1.23. The zero-order valence-electron chi connectivity index (χ0n) is 25.0. The van der Waals surface area contributed by atoms with Gasteiger partial charge < -0.3 is 25.2 Å². The molecule has 4 N–H and O–H groups in total. The fourth-order valence-electron chi connectivity index (χ4n) is 7.07. The predicted molar refractivity (Wildman–Crippen MR) is 179 cm³/mol.